The van der Waals surface area contributed by atoms with E-state index in [-0.39, 0.29) is 0 Å². The number of benzene rings is 1. The van der Waals surface area contributed by atoms with Gasteiger partial charge in [0.15, 0.2) is 5.75 Å². The number of phosphoric acid groups is 1. The first-order valence-electron chi connectivity index (χ1n) is 9.54. The molecule has 0 aliphatic heterocycles. The van der Waals surface area contributed by atoms with E-state index in [0.29, 0.717) is 12.2 Å². The van der Waals surface area contributed by atoms with Crippen molar-refractivity contribution in [1.82, 2.24) is 0 Å². The molecule has 1 aromatic rings. The van der Waals surface area contributed by atoms with Gasteiger partial charge < -0.3 is 14.7 Å². The molecule has 10 heteroatoms. The van der Waals surface area contributed by atoms with Crippen LogP contribution in [0.1, 0.15) is 65.2 Å². The van der Waals surface area contributed by atoms with Gasteiger partial charge in [0, 0.05) is 10.1 Å². The molecule has 1 rings (SSSR count). The van der Waals surface area contributed by atoms with Crippen molar-refractivity contribution in [3.8, 4) is 5.75 Å². The number of unbranched alkanes of at least 4 members (excludes halogenated alkanes) is 6. The minimum atomic E-state index is -4.65. The Labute approximate surface area is 165 Å². The Morgan fingerprint density at radius 1 is 0.929 bits per heavy atom. The van der Waals surface area contributed by atoms with Gasteiger partial charge in [-0.1, -0.05) is 70.1 Å². The summed E-state index contributed by atoms with van der Waals surface area (Å²) in [5.41, 5.74) is 0. The van der Waals surface area contributed by atoms with Crippen LogP contribution >= 0.6 is 7.82 Å². The molecule has 28 heavy (non-hydrogen) atoms. The Balaban J connectivity index is 2.30. The van der Waals surface area contributed by atoms with E-state index in [1.807, 2.05) is 6.07 Å². The number of rotatable bonds is 17. The van der Waals surface area contributed by atoms with Crippen molar-refractivity contribution in [2.24, 2.45) is 0 Å². The van der Waals surface area contributed by atoms with Crippen LogP contribution < -0.4 is 4.89 Å². The van der Waals surface area contributed by atoms with Crippen molar-refractivity contribution >= 4 is 7.82 Å². The average molecular weight is 422 g/mol. The summed E-state index contributed by atoms with van der Waals surface area (Å²) in [5.74, 6) is 0.393. The SMILES string of the molecule is CCCCCCCCCC(OOOOOc1ccccc1)C(C)OP(=O)(O)O. The standard InChI is InChI=1S/C18H31O9P/c1-3-4-5-6-7-8-12-15-18(16(2)24-28(19,20)21)23-26-27-25-22-17-13-10-9-11-14-17/h9-11,13-14,16,18H,3-8,12,15H2,1-2H3,(H2,19,20,21). The predicted molar refractivity (Wildman–Crippen MR) is 100 cm³/mol. The maximum atomic E-state index is 11.1. The summed E-state index contributed by atoms with van der Waals surface area (Å²) in [6.45, 7) is 3.65. The Hall–Kier alpha value is -1.03. The third-order valence-electron chi connectivity index (χ3n) is 4.01. The molecule has 162 valence electrons. The fraction of sp³-hybridized carbons (Fsp3) is 0.667. The third kappa shape index (κ3) is 13.2. The second-order valence-electron chi connectivity index (χ2n) is 6.45. The maximum Gasteiger partial charge on any atom is 0.469 e. The first-order chi connectivity index (χ1) is 13.4. The van der Waals surface area contributed by atoms with Gasteiger partial charge in [-0.2, -0.15) is 4.89 Å². The molecular formula is C18H31O9P. The highest BCUT2D eigenvalue weighted by atomic mass is 31.2. The molecule has 0 aliphatic carbocycles. The Morgan fingerprint density at radius 3 is 2.21 bits per heavy atom. The van der Waals surface area contributed by atoms with Crippen LogP contribution in [0.2, 0.25) is 0 Å². The zero-order valence-electron chi connectivity index (χ0n) is 16.4. The second-order valence-corrected chi connectivity index (χ2v) is 7.64. The van der Waals surface area contributed by atoms with E-state index in [2.05, 4.69) is 26.6 Å². The van der Waals surface area contributed by atoms with Gasteiger partial charge in [-0.25, -0.2) is 4.57 Å². The predicted octanol–water partition coefficient (Wildman–Crippen LogP) is 4.80. The molecule has 0 aromatic heterocycles. The minimum absolute atomic E-state index is 0.393. The van der Waals surface area contributed by atoms with Gasteiger partial charge in [0.2, 0.25) is 0 Å². The number of hydrogen-bond donors (Lipinski definition) is 2. The normalized spacial score (nSPS) is 14.0. The molecular weight excluding hydrogens is 391 g/mol. The van der Waals surface area contributed by atoms with Crippen molar-refractivity contribution in [3.63, 3.8) is 0 Å². The highest BCUT2D eigenvalue weighted by Gasteiger charge is 2.27. The van der Waals surface area contributed by atoms with E-state index in [9.17, 15) is 4.57 Å². The van der Waals surface area contributed by atoms with E-state index >= 15 is 0 Å². The van der Waals surface area contributed by atoms with E-state index in [0.717, 1.165) is 25.7 Å². The fourth-order valence-corrected chi connectivity index (χ4v) is 3.12. The molecule has 0 spiro atoms. The molecule has 0 heterocycles. The van der Waals surface area contributed by atoms with Gasteiger partial charge >= 0.3 is 7.82 Å². The van der Waals surface area contributed by atoms with E-state index < -0.39 is 20.0 Å². The maximum absolute atomic E-state index is 11.1. The second kappa shape index (κ2) is 14.9. The Morgan fingerprint density at radius 2 is 1.57 bits per heavy atom. The molecule has 0 amide bonds. The van der Waals surface area contributed by atoms with E-state index in [1.54, 1.807) is 24.3 Å². The summed E-state index contributed by atoms with van der Waals surface area (Å²) < 4.78 is 15.7. The molecule has 0 aliphatic rings. The lowest BCUT2D eigenvalue weighted by atomic mass is 10.0. The number of para-hydroxylation sites is 1. The summed E-state index contributed by atoms with van der Waals surface area (Å²) >= 11 is 0. The van der Waals surface area contributed by atoms with Gasteiger partial charge in [-0.15, -0.1) is 0 Å². The lowest BCUT2D eigenvalue weighted by molar-refractivity contribution is -0.697. The van der Waals surface area contributed by atoms with Crippen LogP contribution in [0, 0.1) is 0 Å². The smallest absolute Gasteiger partial charge is 0.306 e. The summed E-state index contributed by atoms with van der Waals surface area (Å²) in [6, 6.07) is 8.59. The van der Waals surface area contributed by atoms with Crippen LogP contribution in [0.15, 0.2) is 30.3 Å². The molecule has 0 saturated heterocycles. The summed E-state index contributed by atoms with van der Waals surface area (Å²) in [7, 11) is -4.65. The van der Waals surface area contributed by atoms with Crippen LogP contribution in [0.5, 0.6) is 5.75 Å². The van der Waals surface area contributed by atoms with E-state index in [4.69, 9.17) is 19.6 Å². The molecule has 0 bridgehead atoms. The molecule has 0 fully saturated rings. The first-order valence-corrected chi connectivity index (χ1v) is 11.1. The van der Waals surface area contributed by atoms with Crippen LogP contribution in [-0.4, -0.2) is 22.0 Å². The van der Waals surface area contributed by atoms with Gasteiger partial charge in [0.05, 0.1) is 6.10 Å². The van der Waals surface area contributed by atoms with Crippen LogP contribution in [0.3, 0.4) is 0 Å². The first kappa shape index (κ1) is 25.0. The lowest BCUT2D eigenvalue weighted by Gasteiger charge is -2.22. The zero-order chi connectivity index (χ0) is 20.7. The fourth-order valence-electron chi connectivity index (χ4n) is 2.56. The van der Waals surface area contributed by atoms with Gasteiger partial charge in [-0.3, -0.25) is 4.52 Å². The van der Waals surface area contributed by atoms with Crippen LogP contribution in [0.4, 0.5) is 0 Å². The molecule has 0 radical (unpaired) electrons. The largest absolute Gasteiger partial charge is 0.469 e. The topological polar surface area (TPSA) is 113 Å². The van der Waals surface area contributed by atoms with Crippen LogP contribution in [-0.2, 0) is 29.1 Å². The van der Waals surface area contributed by atoms with Gasteiger partial charge in [-0.05, 0) is 30.5 Å². The Kier molecular flexibility index (Phi) is 13.3. The average Bonchev–Trinajstić information content (AvgIpc) is 2.64. The van der Waals surface area contributed by atoms with Gasteiger partial charge in [0.1, 0.15) is 6.10 Å². The molecule has 1 aromatic carbocycles. The van der Waals surface area contributed by atoms with Gasteiger partial charge in [0.25, 0.3) is 0 Å². The lowest BCUT2D eigenvalue weighted by Crippen LogP contribution is -2.29. The monoisotopic (exact) mass is 422 g/mol. The number of phosphoric ester groups is 1. The highest BCUT2D eigenvalue weighted by molar-refractivity contribution is 7.46. The Bertz CT molecular complexity index is 537. The molecule has 0 saturated carbocycles. The molecule has 2 atom stereocenters. The highest BCUT2D eigenvalue weighted by Crippen LogP contribution is 2.39. The van der Waals surface area contributed by atoms with Crippen molar-refractivity contribution in [2.45, 2.75) is 77.4 Å². The molecule has 2 unspecified atom stereocenters. The molecule has 9 nitrogen and oxygen atoms in total. The van der Waals surface area contributed by atoms with Crippen molar-refractivity contribution in [2.75, 3.05) is 0 Å². The summed E-state index contributed by atoms with van der Waals surface area (Å²) in [6.07, 6.45) is 6.45. The van der Waals surface area contributed by atoms with Crippen LogP contribution in [0.25, 0.3) is 0 Å². The van der Waals surface area contributed by atoms with E-state index in [1.165, 1.54) is 26.2 Å². The minimum Gasteiger partial charge on any atom is -0.306 e. The zero-order valence-corrected chi connectivity index (χ0v) is 17.3. The van der Waals surface area contributed by atoms with Crippen molar-refractivity contribution in [1.29, 1.82) is 0 Å². The third-order valence-corrected chi connectivity index (χ3v) is 4.62. The van der Waals surface area contributed by atoms with Crippen molar-refractivity contribution < 1.29 is 43.8 Å². The van der Waals surface area contributed by atoms with Crippen molar-refractivity contribution in [3.05, 3.63) is 30.3 Å². The molecule has 2 N–H and O–H groups in total. The summed E-state index contributed by atoms with van der Waals surface area (Å²) in [4.78, 5) is 27.8. The summed E-state index contributed by atoms with van der Waals surface area (Å²) in [5, 5.41) is 13.2. The number of hydrogen-bond acceptors (Lipinski definition) is 7. The quantitative estimate of drug-likeness (QED) is 0.158.